The van der Waals surface area contributed by atoms with Crippen LogP contribution in [0.25, 0.3) is 0 Å². The second-order valence-electron chi connectivity index (χ2n) is 6.20. The first kappa shape index (κ1) is 18.5. The zero-order chi connectivity index (χ0) is 17.5. The van der Waals surface area contributed by atoms with Crippen LogP contribution in [0.5, 0.6) is 0 Å². The predicted molar refractivity (Wildman–Crippen MR) is 92.5 cm³/mol. The zero-order valence-electron chi connectivity index (χ0n) is 13.8. The molecule has 1 atom stereocenters. The van der Waals surface area contributed by atoms with Gasteiger partial charge in [-0.05, 0) is 37.5 Å². The Kier molecular flexibility index (Phi) is 6.79. The van der Waals surface area contributed by atoms with Crippen LogP contribution in [0.2, 0.25) is 5.02 Å². The molecule has 0 saturated heterocycles. The van der Waals surface area contributed by atoms with Crippen molar-refractivity contribution in [2.75, 3.05) is 0 Å². The summed E-state index contributed by atoms with van der Waals surface area (Å²) in [6.07, 6.45) is 5.74. The first-order valence-electron chi connectivity index (χ1n) is 8.32. The minimum Gasteiger partial charge on any atom is -0.345 e. The minimum atomic E-state index is -0.745. The van der Waals surface area contributed by atoms with E-state index < -0.39 is 17.7 Å². The Morgan fingerprint density at radius 3 is 2.67 bits per heavy atom. The number of hydrogen-bond acceptors (Lipinski definition) is 3. The molecular weight excluding hydrogens is 328 g/mol. The number of benzene rings is 1. The van der Waals surface area contributed by atoms with E-state index in [2.05, 4.69) is 5.32 Å². The van der Waals surface area contributed by atoms with Crippen LogP contribution in [-0.4, -0.2) is 35.1 Å². The number of halogens is 1. The molecule has 1 N–H and O–H groups in total. The predicted octanol–water partition coefficient (Wildman–Crippen LogP) is 2.70. The molecule has 1 unspecified atom stereocenters. The number of amides is 2. The van der Waals surface area contributed by atoms with Crippen molar-refractivity contribution in [3.63, 3.8) is 0 Å². The van der Waals surface area contributed by atoms with Crippen LogP contribution in [0.1, 0.15) is 44.6 Å². The van der Waals surface area contributed by atoms with Crippen molar-refractivity contribution >= 4 is 29.7 Å². The van der Waals surface area contributed by atoms with E-state index in [1.807, 2.05) is 6.07 Å². The molecule has 130 valence electrons. The molecular formula is C18H23ClN2O3. The van der Waals surface area contributed by atoms with Crippen LogP contribution < -0.4 is 5.32 Å². The lowest BCUT2D eigenvalue weighted by Gasteiger charge is -2.34. The molecule has 0 aromatic heterocycles. The van der Waals surface area contributed by atoms with Gasteiger partial charge >= 0.3 is 0 Å². The highest BCUT2D eigenvalue weighted by Crippen LogP contribution is 2.23. The van der Waals surface area contributed by atoms with Gasteiger partial charge in [0.15, 0.2) is 0 Å². The van der Waals surface area contributed by atoms with Gasteiger partial charge in [-0.15, -0.1) is 0 Å². The summed E-state index contributed by atoms with van der Waals surface area (Å²) in [6, 6.07) is 6.38. The van der Waals surface area contributed by atoms with Crippen molar-refractivity contribution < 1.29 is 14.4 Å². The summed E-state index contributed by atoms with van der Waals surface area (Å²) >= 11 is 5.89. The van der Waals surface area contributed by atoms with E-state index in [0.29, 0.717) is 11.4 Å². The first-order chi connectivity index (χ1) is 11.5. The summed E-state index contributed by atoms with van der Waals surface area (Å²) in [7, 11) is 0. The Hall–Kier alpha value is -1.88. The number of hydrogen-bond donors (Lipinski definition) is 1. The largest absolute Gasteiger partial charge is 0.345 e. The van der Waals surface area contributed by atoms with Crippen LogP contribution in [0.4, 0.5) is 0 Å². The molecule has 24 heavy (non-hydrogen) atoms. The maximum atomic E-state index is 12.3. The van der Waals surface area contributed by atoms with E-state index in [4.69, 9.17) is 11.6 Å². The van der Waals surface area contributed by atoms with Crippen LogP contribution in [0.3, 0.4) is 0 Å². The Morgan fingerprint density at radius 1 is 1.33 bits per heavy atom. The van der Waals surface area contributed by atoms with Gasteiger partial charge in [-0.3, -0.25) is 14.4 Å². The number of Topliss-reactive ketones (excluding diaryl/α,β-unsaturated/α-hetero) is 1. The molecule has 1 aliphatic rings. The molecule has 1 aliphatic carbocycles. The third-order valence-corrected chi connectivity index (χ3v) is 4.75. The summed E-state index contributed by atoms with van der Waals surface area (Å²) in [6.45, 7) is 1.84. The Balaban J connectivity index is 1.92. The molecule has 0 bridgehead atoms. The number of carbonyl (C=O) groups is 3. The first-order valence-corrected chi connectivity index (χ1v) is 8.70. The second kappa shape index (κ2) is 8.83. The van der Waals surface area contributed by atoms with Gasteiger partial charge in [0.05, 0.1) is 6.04 Å². The van der Waals surface area contributed by atoms with Gasteiger partial charge in [0, 0.05) is 17.6 Å². The number of nitrogens with zero attached hydrogens (tertiary/aromatic N) is 1. The van der Waals surface area contributed by atoms with Crippen molar-refractivity contribution in [1.29, 1.82) is 0 Å². The normalized spacial score (nSPS) is 16.2. The van der Waals surface area contributed by atoms with E-state index in [0.717, 1.165) is 37.7 Å². The third kappa shape index (κ3) is 4.81. The Bertz CT molecular complexity index is 600. The quantitative estimate of drug-likeness (QED) is 0.607. The topological polar surface area (TPSA) is 66.5 Å². The maximum Gasteiger partial charge on any atom is 0.289 e. The minimum absolute atomic E-state index is 0.0518. The van der Waals surface area contributed by atoms with Crippen molar-refractivity contribution in [3.05, 3.63) is 34.9 Å². The molecule has 2 rings (SSSR count). The average Bonchev–Trinajstić information content (AvgIpc) is 2.60. The number of carbonyl (C=O) groups excluding carboxylic acids is 3. The summed E-state index contributed by atoms with van der Waals surface area (Å²) in [5.41, 5.74) is 0.816. The van der Waals surface area contributed by atoms with Gasteiger partial charge < -0.3 is 10.2 Å². The highest BCUT2D eigenvalue weighted by molar-refractivity contribution is 6.38. The van der Waals surface area contributed by atoms with Crippen LogP contribution in [0, 0.1) is 0 Å². The second-order valence-corrected chi connectivity index (χ2v) is 6.63. The fourth-order valence-corrected chi connectivity index (χ4v) is 3.33. The average molecular weight is 351 g/mol. The molecule has 1 fully saturated rings. The third-order valence-electron chi connectivity index (χ3n) is 4.51. The van der Waals surface area contributed by atoms with Crippen LogP contribution >= 0.6 is 11.6 Å². The van der Waals surface area contributed by atoms with Gasteiger partial charge in [-0.2, -0.15) is 0 Å². The summed E-state index contributed by atoms with van der Waals surface area (Å²) in [5.74, 6) is -1.26. The molecule has 1 saturated carbocycles. The molecule has 2 amide bonds. The van der Waals surface area contributed by atoms with Gasteiger partial charge in [0.25, 0.3) is 5.91 Å². The highest BCUT2D eigenvalue weighted by Gasteiger charge is 2.31. The summed E-state index contributed by atoms with van der Waals surface area (Å²) in [5, 5.41) is 3.17. The van der Waals surface area contributed by atoms with Gasteiger partial charge in [0.2, 0.25) is 12.2 Å². The molecule has 0 radical (unpaired) electrons. The lowest BCUT2D eigenvalue weighted by atomic mass is 9.93. The summed E-state index contributed by atoms with van der Waals surface area (Å²) in [4.78, 5) is 37.4. The fraction of sp³-hybridized carbons (Fsp3) is 0.500. The highest BCUT2D eigenvalue weighted by atomic mass is 35.5. The van der Waals surface area contributed by atoms with Gasteiger partial charge in [-0.25, -0.2) is 0 Å². The van der Waals surface area contributed by atoms with E-state index in [1.165, 1.54) is 4.90 Å². The molecule has 1 aromatic rings. The van der Waals surface area contributed by atoms with Gasteiger partial charge in [0.1, 0.15) is 0 Å². The SMILES string of the molecule is CC(C(=O)C(=O)NCc1cccc(Cl)c1)N(C=O)C1CCCCC1. The van der Waals surface area contributed by atoms with E-state index in [1.54, 1.807) is 25.1 Å². The number of ketones is 1. The van der Waals surface area contributed by atoms with Gasteiger partial charge in [-0.1, -0.05) is 43.0 Å². The summed E-state index contributed by atoms with van der Waals surface area (Å²) < 4.78 is 0. The molecule has 0 spiro atoms. The molecule has 0 aliphatic heterocycles. The van der Waals surface area contributed by atoms with E-state index >= 15 is 0 Å². The lowest BCUT2D eigenvalue weighted by Crippen LogP contribution is -2.50. The number of nitrogens with one attached hydrogen (secondary N) is 1. The molecule has 1 aromatic carbocycles. The molecule has 0 heterocycles. The maximum absolute atomic E-state index is 12.3. The molecule has 5 nitrogen and oxygen atoms in total. The lowest BCUT2D eigenvalue weighted by molar-refractivity contribution is -0.143. The Morgan fingerprint density at radius 2 is 2.04 bits per heavy atom. The van der Waals surface area contributed by atoms with E-state index in [-0.39, 0.29) is 12.6 Å². The van der Waals surface area contributed by atoms with Crippen LogP contribution in [-0.2, 0) is 20.9 Å². The Labute approximate surface area is 147 Å². The van der Waals surface area contributed by atoms with Crippen molar-refractivity contribution in [3.8, 4) is 0 Å². The molecule has 6 heteroatoms. The smallest absolute Gasteiger partial charge is 0.289 e. The van der Waals surface area contributed by atoms with E-state index in [9.17, 15) is 14.4 Å². The standard InChI is InChI=1S/C18H23ClN2O3/c1-13(21(12-22)16-8-3-2-4-9-16)17(23)18(24)20-11-14-6-5-7-15(19)10-14/h5-7,10,12-13,16H,2-4,8-9,11H2,1H3,(H,20,24). The van der Waals surface area contributed by atoms with Crippen LogP contribution in [0.15, 0.2) is 24.3 Å². The zero-order valence-corrected chi connectivity index (χ0v) is 14.6. The monoisotopic (exact) mass is 350 g/mol. The number of rotatable bonds is 7. The van der Waals surface area contributed by atoms with Crippen molar-refractivity contribution in [2.24, 2.45) is 0 Å². The van der Waals surface area contributed by atoms with Crippen molar-refractivity contribution in [1.82, 2.24) is 10.2 Å². The fourth-order valence-electron chi connectivity index (χ4n) is 3.11. The van der Waals surface area contributed by atoms with Crippen molar-refractivity contribution in [2.45, 2.75) is 57.7 Å².